The quantitative estimate of drug-likeness (QED) is 0.754. The highest BCUT2D eigenvalue weighted by Crippen LogP contribution is 2.19. The van der Waals surface area contributed by atoms with Crippen LogP contribution in [0, 0.1) is 0 Å². The van der Waals surface area contributed by atoms with Crippen LogP contribution in [0.25, 0.3) is 0 Å². The highest BCUT2D eigenvalue weighted by molar-refractivity contribution is 7.89. The third-order valence-electron chi connectivity index (χ3n) is 2.89. The van der Waals surface area contributed by atoms with Crippen LogP contribution in [0.5, 0.6) is 0 Å². The van der Waals surface area contributed by atoms with E-state index in [1.165, 1.54) is 23.4 Å². The average Bonchev–Trinajstić information content (AvgIpc) is 2.35. The molecule has 5 heteroatoms. The Morgan fingerprint density at radius 3 is 2.11 bits per heavy atom. The maximum atomic E-state index is 12.5. The van der Waals surface area contributed by atoms with Crippen molar-refractivity contribution in [3.63, 3.8) is 0 Å². The maximum Gasteiger partial charge on any atom is 0.243 e. The Balaban J connectivity index is 3.14. The van der Waals surface area contributed by atoms with Gasteiger partial charge in [0.2, 0.25) is 10.0 Å². The van der Waals surface area contributed by atoms with E-state index in [-0.39, 0.29) is 16.7 Å². The molecule has 0 aliphatic rings. The molecule has 0 fully saturated rings. The zero-order chi connectivity index (χ0) is 14.6. The summed E-state index contributed by atoms with van der Waals surface area (Å²) in [6, 6.07) is 6.02. The molecule has 1 aromatic carbocycles. The molecule has 0 saturated heterocycles. The summed E-state index contributed by atoms with van der Waals surface area (Å²) in [6.45, 7) is 7.62. The van der Waals surface area contributed by atoms with Crippen molar-refractivity contribution in [3.8, 4) is 0 Å². The number of benzene rings is 1. The van der Waals surface area contributed by atoms with E-state index < -0.39 is 10.0 Å². The number of rotatable bonds is 6. The monoisotopic (exact) mass is 283 g/mol. The lowest BCUT2D eigenvalue weighted by molar-refractivity contribution is 0.101. The van der Waals surface area contributed by atoms with Gasteiger partial charge < -0.3 is 0 Å². The molecule has 0 radical (unpaired) electrons. The molecular formula is C14H21NO3S. The lowest BCUT2D eigenvalue weighted by atomic mass is 10.2. The Morgan fingerprint density at radius 2 is 1.74 bits per heavy atom. The van der Waals surface area contributed by atoms with E-state index in [0.29, 0.717) is 12.1 Å². The van der Waals surface area contributed by atoms with Crippen LogP contribution in [-0.4, -0.2) is 31.1 Å². The fraction of sp³-hybridized carbons (Fsp3) is 0.500. The van der Waals surface area contributed by atoms with E-state index in [4.69, 9.17) is 0 Å². The molecule has 0 atom stereocenters. The first kappa shape index (κ1) is 15.9. The van der Waals surface area contributed by atoms with Crippen LogP contribution in [0.15, 0.2) is 29.2 Å². The Bertz CT molecular complexity index is 532. The molecule has 0 N–H and O–H groups in total. The van der Waals surface area contributed by atoms with E-state index in [0.717, 1.165) is 6.42 Å². The standard InChI is InChI=1S/C14H21NO3S/c1-5-10-15(11(2)3)19(17,18)14-8-6-13(7-9-14)12(4)16/h6-9,11H,5,10H2,1-4H3. The topological polar surface area (TPSA) is 54.5 Å². The smallest absolute Gasteiger partial charge is 0.243 e. The molecule has 0 amide bonds. The molecule has 19 heavy (non-hydrogen) atoms. The van der Waals surface area contributed by atoms with Crippen LogP contribution >= 0.6 is 0 Å². The van der Waals surface area contributed by atoms with E-state index >= 15 is 0 Å². The Hall–Kier alpha value is -1.20. The molecule has 1 rings (SSSR count). The first-order valence-electron chi connectivity index (χ1n) is 6.43. The second-order valence-corrected chi connectivity index (χ2v) is 6.68. The number of ketones is 1. The largest absolute Gasteiger partial charge is 0.295 e. The van der Waals surface area contributed by atoms with Gasteiger partial charge in [-0.2, -0.15) is 4.31 Å². The molecule has 0 unspecified atom stereocenters. The van der Waals surface area contributed by atoms with Crippen molar-refractivity contribution in [1.82, 2.24) is 4.31 Å². The summed E-state index contributed by atoms with van der Waals surface area (Å²) < 4.78 is 26.5. The van der Waals surface area contributed by atoms with E-state index in [1.54, 1.807) is 12.1 Å². The second kappa shape index (κ2) is 6.30. The summed E-state index contributed by atoms with van der Waals surface area (Å²) in [6.07, 6.45) is 0.767. The Kier molecular flexibility index (Phi) is 5.26. The maximum absolute atomic E-state index is 12.5. The normalized spacial score (nSPS) is 12.1. The van der Waals surface area contributed by atoms with Crippen molar-refractivity contribution >= 4 is 15.8 Å². The van der Waals surface area contributed by atoms with E-state index in [9.17, 15) is 13.2 Å². The number of sulfonamides is 1. The lowest BCUT2D eigenvalue weighted by Crippen LogP contribution is -2.37. The SMILES string of the molecule is CCCN(C(C)C)S(=O)(=O)c1ccc(C(C)=O)cc1. The molecule has 0 heterocycles. The number of carbonyl (C=O) groups is 1. The van der Waals surface area contributed by atoms with Crippen LogP contribution in [0.3, 0.4) is 0 Å². The van der Waals surface area contributed by atoms with Crippen LogP contribution in [0.1, 0.15) is 44.5 Å². The van der Waals surface area contributed by atoms with Gasteiger partial charge in [0, 0.05) is 18.2 Å². The van der Waals surface area contributed by atoms with Gasteiger partial charge in [-0.1, -0.05) is 19.1 Å². The summed E-state index contributed by atoms with van der Waals surface area (Å²) in [7, 11) is -3.48. The lowest BCUT2D eigenvalue weighted by Gasteiger charge is -2.25. The highest BCUT2D eigenvalue weighted by Gasteiger charge is 2.26. The van der Waals surface area contributed by atoms with Gasteiger partial charge >= 0.3 is 0 Å². The molecule has 0 aliphatic heterocycles. The van der Waals surface area contributed by atoms with Crippen molar-refractivity contribution in [2.75, 3.05) is 6.54 Å². The minimum atomic E-state index is -3.48. The Morgan fingerprint density at radius 1 is 1.21 bits per heavy atom. The zero-order valence-electron chi connectivity index (χ0n) is 11.9. The third-order valence-corrected chi connectivity index (χ3v) is 4.98. The van der Waals surface area contributed by atoms with Crippen molar-refractivity contribution < 1.29 is 13.2 Å². The van der Waals surface area contributed by atoms with Crippen molar-refractivity contribution in [1.29, 1.82) is 0 Å². The first-order chi connectivity index (χ1) is 8.80. The van der Waals surface area contributed by atoms with Gasteiger partial charge in [-0.25, -0.2) is 8.42 Å². The molecule has 0 aromatic heterocycles. The predicted octanol–water partition coefficient (Wildman–Crippen LogP) is 2.70. The van der Waals surface area contributed by atoms with Gasteiger partial charge in [-0.3, -0.25) is 4.79 Å². The summed E-state index contributed by atoms with van der Waals surface area (Å²) >= 11 is 0. The summed E-state index contributed by atoms with van der Waals surface area (Å²) in [5.74, 6) is -0.0711. The predicted molar refractivity (Wildman–Crippen MR) is 75.8 cm³/mol. The number of Topliss-reactive ketones (excluding diaryl/α,β-unsaturated/α-hetero) is 1. The van der Waals surface area contributed by atoms with Gasteiger partial charge in [-0.05, 0) is 39.3 Å². The van der Waals surface area contributed by atoms with Crippen molar-refractivity contribution in [3.05, 3.63) is 29.8 Å². The molecular weight excluding hydrogens is 262 g/mol. The van der Waals surface area contributed by atoms with Crippen LogP contribution in [0.2, 0.25) is 0 Å². The van der Waals surface area contributed by atoms with Crippen LogP contribution < -0.4 is 0 Å². The van der Waals surface area contributed by atoms with Gasteiger partial charge in [0.25, 0.3) is 0 Å². The molecule has 0 aliphatic carbocycles. The summed E-state index contributed by atoms with van der Waals surface area (Å²) in [5.41, 5.74) is 0.519. The minimum Gasteiger partial charge on any atom is -0.295 e. The van der Waals surface area contributed by atoms with Gasteiger partial charge in [0.05, 0.1) is 4.90 Å². The highest BCUT2D eigenvalue weighted by atomic mass is 32.2. The van der Waals surface area contributed by atoms with Gasteiger partial charge in [0.1, 0.15) is 0 Å². The molecule has 106 valence electrons. The third kappa shape index (κ3) is 3.64. The molecule has 1 aromatic rings. The number of hydrogen-bond donors (Lipinski definition) is 0. The van der Waals surface area contributed by atoms with E-state index in [2.05, 4.69) is 0 Å². The van der Waals surface area contributed by atoms with Crippen LogP contribution in [0.4, 0.5) is 0 Å². The fourth-order valence-electron chi connectivity index (χ4n) is 1.87. The second-order valence-electron chi connectivity index (χ2n) is 4.79. The van der Waals surface area contributed by atoms with Gasteiger partial charge in [-0.15, -0.1) is 0 Å². The van der Waals surface area contributed by atoms with Crippen LogP contribution in [-0.2, 0) is 10.0 Å². The molecule has 0 saturated carbocycles. The number of nitrogens with zero attached hydrogens (tertiary/aromatic N) is 1. The van der Waals surface area contributed by atoms with Crippen molar-refractivity contribution in [2.24, 2.45) is 0 Å². The number of carbonyl (C=O) groups excluding carboxylic acids is 1. The zero-order valence-corrected chi connectivity index (χ0v) is 12.7. The first-order valence-corrected chi connectivity index (χ1v) is 7.87. The molecule has 4 nitrogen and oxygen atoms in total. The molecule has 0 bridgehead atoms. The minimum absolute atomic E-state index is 0.0711. The Labute approximate surface area is 115 Å². The fourth-order valence-corrected chi connectivity index (χ4v) is 3.60. The summed E-state index contributed by atoms with van der Waals surface area (Å²) in [4.78, 5) is 11.4. The summed E-state index contributed by atoms with van der Waals surface area (Å²) in [5, 5.41) is 0. The van der Waals surface area contributed by atoms with E-state index in [1.807, 2.05) is 20.8 Å². The molecule has 0 spiro atoms. The number of hydrogen-bond acceptors (Lipinski definition) is 3. The van der Waals surface area contributed by atoms with Crippen molar-refractivity contribution in [2.45, 2.75) is 45.1 Å². The van der Waals surface area contributed by atoms with Gasteiger partial charge in [0.15, 0.2) is 5.78 Å². The average molecular weight is 283 g/mol.